The van der Waals surface area contributed by atoms with E-state index < -0.39 is 0 Å². The molecule has 1 rings (SSSR count). The van der Waals surface area contributed by atoms with Crippen LogP contribution in [0.3, 0.4) is 0 Å². The molecule has 58 valence electrons. The molecule has 0 aliphatic heterocycles. The predicted octanol–water partition coefficient (Wildman–Crippen LogP) is 0.485. The van der Waals surface area contributed by atoms with Crippen LogP contribution in [0.15, 0.2) is 18.2 Å². The number of nitrogens with two attached hydrogens (primary N) is 3. The number of benzene rings is 1. The van der Waals surface area contributed by atoms with Crippen LogP contribution in [-0.2, 0) is 0 Å². The van der Waals surface area contributed by atoms with Gasteiger partial charge in [0.2, 0.25) is 0 Å². The molecule has 0 spiro atoms. The lowest BCUT2D eigenvalue weighted by Gasteiger charge is -2.04. The molecule has 0 amide bonds. The SMILES string of the molecule is NC(=S)c1cccc(N)c1N. The van der Waals surface area contributed by atoms with Crippen LogP contribution in [0.5, 0.6) is 0 Å². The van der Waals surface area contributed by atoms with E-state index in [2.05, 4.69) is 0 Å². The number of nitrogen functional groups attached to an aromatic ring is 2. The molecule has 0 heterocycles. The maximum Gasteiger partial charge on any atom is 0.106 e. The van der Waals surface area contributed by atoms with E-state index in [1.54, 1.807) is 18.2 Å². The van der Waals surface area contributed by atoms with Gasteiger partial charge < -0.3 is 17.2 Å². The molecule has 0 unspecified atom stereocenters. The van der Waals surface area contributed by atoms with Crippen molar-refractivity contribution in [3.63, 3.8) is 0 Å². The molecule has 11 heavy (non-hydrogen) atoms. The fourth-order valence-corrected chi connectivity index (χ4v) is 0.976. The van der Waals surface area contributed by atoms with Crippen molar-refractivity contribution < 1.29 is 0 Å². The molecule has 0 saturated carbocycles. The highest BCUT2D eigenvalue weighted by molar-refractivity contribution is 7.80. The summed E-state index contributed by atoms with van der Waals surface area (Å²) in [7, 11) is 0. The van der Waals surface area contributed by atoms with Crippen molar-refractivity contribution in [3.05, 3.63) is 23.8 Å². The molecule has 4 heteroatoms. The minimum atomic E-state index is 0.273. The van der Waals surface area contributed by atoms with E-state index in [-0.39, 0.29) is 4.99 Å². The molecule has 3 nitrogen and oxygen atoms in total. The van der Waals surface area contributed by atoms with Gasteiger partial charge in [0.05, 0.1) is 11.4 Å². The van der Waals surface area contributed by atoms with Crippen LogP contribution in [0.25, 0.3) is 0 Å². The number of para-hydroxylation sites is 1. The number of anilines is 2. The van der Waals surface area contributed by atoms with Gasteiger partial charge in [-0.2, -0.15) is 0 Å². The van der Waals surface area contributed by atoms with E-state index in [1.165, 1.54) is 0 Å². The second-order valence-corrected chi connectivity index (χ2v) is 2.61. The summed E-state index contributed by atoms with van der Waals surface area (Å²) in [6.07, 6.45) is 0. The molecular weight excluding hydrogens is 158 g/mol. The van der Waals surface area contributed by atoms with Gasteiger partial charge in [0, 0.05) is 5.56 Å². The Kier molecular flexibility index (Phi) is 1.96. The fraction of sp³-hybridized carbons (Fsp3) is 0. The van der Waals surface area contributed by atoms with Gasteiger partial charge in [-0.25, -0.2) is 0 Å². The van der Waals surface area contributed by atoms with Crippen LogP contribution in [-0.4, -0.2) is 4.99 Å². The second kappa shape index (κ2) is 2.75. The van der Waals surface area contributed by atoms with Crippen molar-refractivity contribution in [2.75, 3.05) is 11.5 Å². The largest absolute Gasteiger partial charge is 0.397 e. The third-order valence-electron chi connectivity index (χ3n) is 1.41. The van der Waals surface area contributed by atoms with Gasteiger partial charge in [-0.15, -0.1) is 0 Å². The van der Waals surface area contributed by atoms with Crippen LogP contribution < -0.4 is 17.2 Å². The number of hydrogen-bond acceptors (Lipinski definition) is 3. The van der Waals surface area contributed by atoms with Crippen molar-refractivity contribution >= 4 is 28.6 Å². The monoisotopic (exact) mass is 167 g/mol. The van der Waals surface area contributed by atoms with Gasteiger partial charge in [-0.05, 0) is 12.1 Å². The Balaban J connectivity index is 3.27. The van der Waals surface area contributed by atoms with Crippen molar-refractivity contribution in [1.29, 1.82) is 0 Å². The normalized spacial score (nSPS) is 9.45. The summed E-state index contributed by atoms with van der Waals surface area (Å²) < 4.78 is 0. The highest BCUT2D eigenvalue weighted by Crippen LogP contribution is 2.18. The smallest absolute Gasteiger partial charge is 0.106 e. The quantitative estimate of drug-likeness (QED) is 0.420. The first-order valence-corrected chi connectivity index (χ1v) is 3.47. The Labute approximate surface area is 70.2 Å². The molecule has 0 aliphatic rings. The first kappa shape index (κ1) is 7.81. The fourth-order valence-electron chi connectivity index (χ4n) is 0.798. The Morgan fingerprint density at radius 3 is 2.36 bits per heavy atom. The molecule has 1 aromatic rings. The lowest BCUT2D eigenvalue weighted by atomic mass is 10.1. The van der Waals surface area contributed by atoms with Gasteiger partial charge in [0.25, 0.3) is 0 Å². The van der Waals surface area contributed by atoms with Crippen LogP contribution >= 0.6 is 12.2 Å². The first-order valence-electron chi connectivity index (χ1n) is 3.06. The van der Waals surface area contributed by atoms with Gasteiger partial charge in [0.1, 0.15) is 4.99 Å². The minimum absolute atomic E-state index is 0.273. The average Bonchev–Trinajstić information content (AvgIpc) is 1.94. The highest BCUT2D eigenvalue weighted by atomic mass is 32.1. The van der Waals surface area contributed by atoms with E-state index in [0.29, 0.717) is 16.9 Å². The second-order valence-electron chi connectivity index (χ2n) is 2.17. The zero-order valence-electron chi connectivity index (χ0n) is 5.87. The van der Waals surface area contributed by atoms with Gasteiger partial charge >= 0.3 is 0 Å². The maximum atomic E-state index is 5.59. The molecule has 0 fully saturated rings. The Bertz CT molecular complexity index is 296. The Hall–Kier alpha value is -1.29. The van der Waals surface area contributed by atoms with Crippen molar-refractivity contribution in [2.45, 2.75) is 0 Å². The van der Waals surface area contributed by atoms with Crippen molar-refractivity contribution in [3.8, 4) is 0 Å². The third-order valence-corrected chi connectivity index (χ3v) is 1.63. The molecule has 0 saturated heterocycles. The molecular formula is C7H9N3S. The van der Waals surface area contributed by atoms with Crippen molar-refractivity contribution in [1.82, 2.24) is 0 Å². The highest BCUT2D eigenvalue weighted by Gasteiger charge is 2.02. The van der Waals surface area contributed by atoms with Crippen LogP contribution in [0.2, 0.25) is 0 Å². The lowest BCUT2D eigenvalue weighted by molar-refractivity contribution is 1.60. The number of hydrogen-bond donors (Lipinski definition) is 3. The zero-order chi connectivity index (χ0) is 8.43. The molecule has 0 aliphatic carbocycles. The van der Waals surface area contributed by atoms with E-state index in [0.717, 1.165) is 0 Å². The molecule has 0 radical (unpaired) electrons. The summed E-state index contributed by atoms with van der Waals surface area (Å²) >= 11 is 4.75. The average molecular weight is 167 g/mol. The molecule has 0 atom stereocenters. The van der Waals surface area contributed by atoms with Crippen molar-refractivity contribution in [2.24, 2.45) is 5.73 Å². The van der Waals surface area contributed by atoms with Gasteiger partial charge in [-0.1, -0.05) is 18.3 Å². The van der Waals surface area contributed by atoms with Crippen LogP contribution in [0, 0.1) is 0 Å². The van der Waals surface area contributed by atoms with E-state index in [1.807, 2.05) is 0 Å². The Morgan fingerprint density at radius 2 is 1.91 bits per heavy atom. The maximum absolute atomic E-state index is 5.59. The topological polar surface area (TPSA) is 78.1 Å². The van der Waals surface area contributed by atoms with E-state index in [4.69, 9.17) is 29.4 Å². The molecule has 6 N–H and O–H groups in total. The summed E-state index contributed by atoms with van der Waals surface area (Å²) in [5.41, 5.74) is 18.1. The van der Waals surface area contributed by atoms with E-state index in [9.17, 15) is 0 Å². The summed E-state index contributed by atoms with van der Waals surface area (Å²) in [5.74, 6) is 0. The minimum Gasteiger partial charge on any atom is -0.397 e. The summed E-state index contributed by atoms with van der Waals surface area (Å²) in [4.78, 5) is 0.273. The Morgan fingerprint density at radius 1 is 1.27 bits per heavy atom. The molecule has 0 bridgehead atoms. The van der Waals surface area contributed by atoms with Crippen LogP contribution in [0.1, 0.15) is 5.56 Å². The summed E-state index contributed by atoms with van der Waals surface area (Å²) in [6.45, 7) is 0. The van der Waals surface area contributed by atoms with Gasteiger partial charge in [-0.3, -0.25) is 0 Å². The first-order chi connectivity index (χ1) is 5.13. The number of rotatable bonds is 1. The van der Waals surface area contributed by atoms with E-state index >= 15 is 0 Å². The third kappa shape index (κ3) is 1.40. The molecule has 0 aromatic heterocycles. The van der Waals surface area contributed by atoms with Gasteiger partial charge in [0.15, 0.2) is 0 Å². The lowest BCUT2D eigenvalue weighted by Crippen LogP contribution is -2.12. The molecule has 1 aromatic carbocycles. The summed E-state index contributed by atoms with van der Waals surface area (Å²) in [6, 6.07) is 5.21. The zero-order valence-corrected chi connectivity index (χ0v) is 6.69. The standard InChI is InChI=1S/C7H9N3S/c8-5-3-1-2-4(6(5)9)7(10)11/h1-3H,8-9H2,(H2,10,11). The predicted molar refractivity (Wildman–Crippen MR) is 51.2 cm³/mol. The summed E-state index contributed by atoms with van der Waals surface area (Å²) in [5, 5.41) is 0. The van der Waals surface area contributed by atoms with Crippen LogP contribution in [0.4, 0.5) is 11.4 Å². The number of thiocarbonyl (C=S) groups is 1.